The molecular weight excluding hydrogens is 164 g/mol. The predicted octanol–water partition coefficient (Wildman–Crippen LogP) is 1.78. The second kappa shape index (κ2) is 2.35. The number of hydrogen-bond acceptors (Lipinski definition) is 2. The van der Waals surface area contributed by atoms with Crippen molar-refractivity contribution in [3.63, 3.8) is 0 Å². The lowest BCUT2D eigenvalue weighted by Gasteiger charge is -2.36. The minimum absolute atomic E-state index is 0.189. The molecule has 4 rings (SSSR count). The van der Waals surface area contributed by atoms with Gasteiger partial charge in [-0.15, -0.1) is 0 Å². The summed E-state index contributed by atoms with van der Waals surface area (Å²) in [5.74, 6) is 2.13. The van der Waals surface area contributed by atoms with Crippen molar-refractivity contribution in [1.82, 2.24) is 0 Å². The second-order valence-electron chi connectivity index (χ2n) is 5.17. The Balaban J connectivity index is 1.87. The molecule has 2 heterocycles. The average molecular weight is 180 g/mol. The summed E-state index contributed by atoms with van der Waals surface area (Å²) >= 11 is 0. The smallest absolute Gasteiger partial charge is 0.120 e. The van der Waals surface area contributed by atoms with Gasteiger partial charge in [-0.1, -0.05) is 0 Å². The molecule has 2 heteroatoms. The first-order chi connectivity index (χ1) is 6.23. The maximum absolute atomic E-state index is 10.5. The van der Waals surface area contributed by atoms with Crippen molar-refractivity contribution in [1.29, 1.82) is 0 Å². The first kappa shape index (κ1) is 7.98. The lowest BCUT2D eigenvalue weighted by molar-refractivity contribution is -0.120. The van der Waals surface area contributed by atoms with Crippen molar-refractivity contribution in [2.24, 2.45) is 17.8 Å². The Morgan fingerprint density at radius 2 is 2.38 bits per heavy atom. The fraction of sp³-hybridized carbons (Fsp3) is 0.909. The van der Waals surface area contributed by atoms with Crippen molar-refractivity contribution in [3.8, 4) is 0 Å². The summed E-state index contributed by atoms with van der Waals surface area (Å²) in [7, 11) is 0. The van der Waals surface area contributed by atoms with Gasteiger partial charge in [0, 0.05) is 6.42 Å². The van der Waals surface area contributed by atoms with E-state index in [1.807, 2.05) is 0 Å². The Morgan fingerprint density at radius 3 is 3.00 bits per heavy atom. The Bertz CT molecular complexity index is 232. The lowest BCUT2D eigenvalue weighted by Crippen LogP contribution is -2.37. The Kier molecular flexibility index (Phi) is 1.44. The first-order valence-corrected chi connectivity index (χ1v) is 5.34. The molecule has 0 spiro atoms. The minimum Gasteiger partial charge on any atom is -0.371 e. The zero-order valence-electron chi connectivity index (χ0n) is 8.03. The van der Waals surface area contributed by atoms with Crippen molar-refractivity contribution >= 4 is 6.29 Å². The van der Waals surface area contributed by atoms with Crippen LogP contribution < -0.4 is 0 Å². The quantitative estimate of drug-likeness (QED) is 0.605. The van der Waals surface area contributed by atoms with Gasteiger partial charge in [-0.05, 0) is 43.9 Å². The van der Waals surface area contributed by atoms with E-state index in [0.29, 0.717) is 12.0 Å². The monoisotopic (exact) mass is 180 g/mol. The maximum atomic E-state index is 10.5. The molecule has 4 aliphatic rings. The summed E-state index contributed by atoms with van der Waals surface area (Å²) in [4.78, 5) is 10.5. The number of rotatable bonds is 2. The van der Waals surface area contributed by atoms with Crippen molar-refractivity contribution in [2.75, 3.05) is 0 Å². The van der Waals surface area contributed by atoms with Crippen LogP contribution in [0.15, 0.2) is 0 Å². The second-order valence-corrected chi connectivity index (χ2v) is 5.17. The van der Waals surface area contributed by atoms with E-state index in [9.17, 15) is 4.79 Å². The zero-order chi connectivity index (χ0) is 9.05. The molecule has 2 nitrogen and oxygen atoms in total. The third-order valence-corrected chi connectivity index (χ3v) is 4.51. The zero-order valence-corrected chi connectivity index (χ0v) is 8.03. The SMILES string of the molecule is CC12CC3CC1CC(O2)C3CC=O. The molecule has 4 bridgehead atoms. The molecular formula is C11H16O2. The Labute approximate surface area is 78.6 Å². The van der Waals surface area contributed by atoms with Gasteiger partial charge in [0.1, 0.15) is 6.29 Å². The molecule has 2 saturated heterocycles. The fourth-order valence-electron chi connectivity index (χ4n) is 3.90. The average Bonchev–Trinajstić information content (AvgIpc) is 2.45. The van der Waals surface area contributed by atoms with E-state index in [4.69, 9.17) is 4.74 Å². The third kappa shape index (κ3) is 0.899. The van der Waals surface area contributed by atoms with Gasteiger partial charge in [-0.25, -0.2) is 0 Å². The van der Waals surface area contributed by atoms with E-state index in [1.165, 1.54) is 19.3 Å². The van der Waals surface area contributed by atoms with Crippen LogP contribution in [-0.4, -0.2) is 18.0 Å². The molecule has 5 unspecified atom stereocenters. The molecule has 0 N–H and O–H groups in total. The van der Waals surface area contributed by atoms with E-state index in [2.05, 4.69) is 6.92 Å². The highest BCUT2D eigenvalue weighted by Crippen LogP contribution is 2.60. The molecule has 0 aromatic carbocycles. The van der Waals surface area contributed by atoms with Crippen molar-refractivity contribution in [3.05, 3.63) is 0 Å². The Morgan fingerprint density at radius 1 is 1.54 bits per heavy atom. The van der Waals surface area contributed by atoms with Gasteiger partial charge in [0.25, 0.3) is 0 Å². The van der Waals surface area contributed by atoms with Crippen molar-refractivity contribution < 1.29 is 9.53 Å². The van der Waals surface area contributed by atoms with Gasteiger partial charge >= 0.3 is 0 Å². The molecule has 2 aliphatic heterocycles. The van der Waals surface area contributed by atoms with Gasteiger partial charge in [0.2, 0.25) is 0 Å². The predicted molar refractivity (Wildman–Crippen MR) is 48.3 cm³/mol. The molecule has 5 atom stereocenters. The molecule has 0 aromatic rings. The highest BCUT2D eigenvalue weighted by atomic mass is 16.5. The molecule has 0 aromatic heterocycles. The van der Waals surface area contributed by atoms with E-state index < -0.39 is 0 Å². The van der Waals surface area contributed by atoms with Crippen LogP contribution in [0.25, 0.3) is 0 Å². The topological polar surface area (TPSA) is 26.3 Å². The highest BCUT2D eigenvalue weighted by molar-refractivity contribution is 5.50. The van der Waals surface area contributed by atoms with Gasteiger partial charge < -0.3 is 9.53 Å². The molecule has 0 amide bonds. The molecule has 2 saturated carbocycles. The van der Waals surface area contributed by atoms with Crippen LogP contribution in [-0.2, 0) is 9.53 Å². The largest absolute Gasteiger partial charge is 0.371 e. The first-order valence-electron chi connectivity index (χ1n) is 5.34. The van der Waals surface area contributed by atoms with Crippen LogP contribution in [0.5, 0.6) is 0 Å². The van der Waals surface area contributed by atoms with E-state index in [-0.39, 0.29) is 5.60 Å². The summed E-state index contributed by atoms with van der Waals surface area (Å²) < 4.78 is 6.04. The molecule has 72 valence electrons. The lowest BCUT2D eigenvalue weighted by atomic mass is 9.77. The number of carbonyl (C=O) groups is 1. The van der Waals surface area contributed by atoms with Gasteiger partial charge in [0.05, 0.1) is 11.7 Å². The maximum Gasteiger partial charge on any atom is 0.120 e. The summed E-state index contributed by atoms with van der Waals surface area (Å²) in [6, 6.07) is 0. The van der Waals surface area contributed by atoms with Crippen LogP contribution in [0.4, 0.5) is 0 Å². The fourth-order valence-corrected chi connectivity index (χ4v) is 3.90. The molecule has 2 aliphatic carbocycles. The third-order valence-electron chi connectivity index (χ3n) is 4.51. The summed E-state index contributed by atoms with van der Waals surface area (Å²) in [5, 5.41) is 0. The van der Waals surface area contributed by atoms with Crippen LogP contribution in [0.1, 0.15) is 32.6 Å². The van der Waals surface area contributed by atoms with Crippen LogP contribution >= 0.6 is 0 Å². The number of hydrogen-bond donors (Lipinski definition) is 0. The van der Waals surface area contributed by atoms with Gasteiger partial charge in [0.15, 0.2) is 0 Å². The van der Waals surface area contributed by atoms with E-state index in [0.717, 1.165) is 24.5 Å². The van der Waals surface area contributed by atoms with Crippen molar-refractivity contribution in [2.45, 2.75) is 44.3 Å². The molecule has 0 radical (unpaired) electrons. The summed E-state index contributed by atoms with van der Waals surface area (Å²) in [6.45, 7) is 2.26. The normalized spacial score (nSPS) is 57.3. The van der Waals surface area contributed by atoms with Crippen LogP contribution in [0, 0.1) is 17.8 Å². The van der Waals surface area contributed by atoms with E-state index in [1.54, 1.807) is 0 Å². The molecule has 4 fully saturated rings. The Hall–Kier alpha value is -0.370. The van der Waals surface area contributed by atoms with Crippen LogP contribution in [0.2, 0.25) is 0 Å². The van der Waals surface area contributed by atoms with Gasteiger partial charge in [-0.3, -0.25) is 0 Å². The number of carbonyl (C=O) groups excluding carboxylic acids is 1. The molecule has 13 heavy (non-hydrogen) atoms. The number of aldehydes is 1. The van der Waals surface area contributed by atoms with Gasteiger partial charge in [-0.2, -0.15) is 0 Å². The minimum atomic E-state index is 0.189. The summed E-state index contributed by atoms with van der Waals surface area (Å²) in [5.41, 5.74) is 0.189. The summed E-state index contributed by atoms with van der Waals surface area (Å²) in [6.07, 6.45) is 5.93. The highest BCUT2D eigenvalue weighted by Gasteiger charge is 2.60. The standard InChI is InChI=1S/C11H16O2/c1-11-6-7-4-8(11)5-10(13-11)9(7)2-3-12/h3,7-10H,2,4-6H2,1H3. The van der Waals surface area contributed by atoms with Crippen LogP contribution in [0.3, 0.4) is 0 Å². The van der Waals surface area contributed by atoms with E-state index >= 15 is 0 Å². The number of ether oxygens (including phenoxy) is 1.